The van der Waals surface area contributed by atoms with Crippen LogP contribution in [0.4, 0.5) is 0 Å². The summed E-state index contributed by atoms with van der Waals surface area (Å²) in [5.74, 6) is -0.0515. The first-order chi connectivity index (χ1) is 7.77. The number of hydrogen-bond acceptors (Lipinski definition) is 2. The van der Waals surface area contributed by atoms with Crippen molar-refractivity contribution < 1.29 is 9.59 Å². The van der Waals surface area contributed by atoms with Gasteiger partial charge in [-0.2, -0.15) is 0 Å². The van der Waals surface area contributed by atoms with Crippen LogP contribution in [-0.2, 0) is 16.0 Å². The van der Waals surface area contributed by atoms with Crippen LogP contribution in [0.3, 0.4) is 0 Å². The summed E-state index contributed by atoms with van der Waals surface area (Å²) in [5, 5.41) is 0. The van der Waals surface area contributed by atoms with Crippen molar-refractivity contribution in [3.05, 3.63) is 35.9 Å². The maximum absolute atomic E-state index is 11.7. The van der Waals surface area contributed by atoms with Crippen molar-refractivity contribution in [3.8, 4) is 0 Å². The van der Waals surface area contributed by atoms with Crippen molar-refractivity contribution in [1.29, 1.82) is 0 Å². The fourth-order valence-electron chi connectivity index (χ4n) is 1.94. The summed E-state index contributed by atoms with van der Waals surface area (Å²) in [6, 6.07) is 9.87. The largest absolute Gasteiger partial charge is 0.283 e. The Hall–Kier alpha value is -1.64. The monoisotopic (exact) mass is 217 g/mol. The highest BCUT2D eigenvalue weighted by molar-refractivity contribution is 5.96. The lowest BCUT2D eigenvalue weighted by Crippen LogP contribution is -2.31. The molecule has 3 heteroatoms. The molecule has 3 nitrogen and oxygen atoms in total. The molecule has 0 bridgehead atoms. The van der Waals surface area contributed by atoms with E-state index in [1.54, 1.807) is 0 Å². The Balaban J connectivity index is 1.86. The van der Waals surface area contributed by atoms with Crippen LogP contribution < -0.4 is 0 Å². The molecule has 1 fully saturated rings. The molecule has 0 N–H and O–H groups in total. The van der Waals surface area contributed by atoms with E-state index in [2.05, 4.69) is 0 Å². The van der Waals surface area contributed by atoms with Crippen LogP contribution in [0, 0.1) is 0 Å². The molecule has 0 radical (unpaired) electrons. The van der Waals surface area contributed by atoms with Crippen LogP contribution in [-0.4, -0.2) is 23.3 Å². The molecule has 0 unspecified atom stereocenters. The third kappa shape index (κ3) is 2.48. The first-order valence-corrected chi connectivity index (χ1v) is 5.64. The van der Waals surface area contributed by atoms with Gasteiger partial charge in [-0.15, -0.1) is 0 Å². The van der Waals surface area contributed by atoms with Crippen molar-refractivity contribution >= 4 is 11.8 Å². The van der Waals surface area contributed by atoms with Gasteiger partial charge in [0.15, 0.2) is 0 Å². The van der Waals surface area contributed by atoms with E-state index in [-0.39, 0.29) is 11.8 Å². The zero-order chi connectivity index (χ0) is 11.4. The first-order valence-electron chi connectivity index (χ1n) is 5.64. The van der Waals surface area contributed by atoms with Crippen LogP contribution in [0.2, 0.25) is 0 Å². The fraction of sp³-hybridized carbons (Fsp3) is 0.385. The van der Waals surface area contributed by atoms with Crippen molar-refractivity contribution in [1.82, 2.24) is 4.90 Å². The molecule has 0 atom stereocenters. The topological polar surface area (TPSA) is 37.4 Å². The van der Waals surface area contributed by atoms with Gasteiger partial charge in [-0.25, -0.2) is 0 Å². The van der Waals surface area contributed by atoms with Crippen molar-refractivity contribution in [3.63, 3.8) is 0 Å². The molecule has 84 valence electrons. The Morgan fingerprint density at radius 2 is 2.00 bits per heavy atom. The Morgan fingerprint density at radius 1 is 1.25 bits per heavy atom. The molecule has 0 spiro atoms. The van der Waals surface area contributed by atoms with Gasteiger partial charge >= 0.3 is 0 Å². The second kappa shape index (κ2) is 4.92. The van der Waals surface area contributed by atoms with Gasteiger partial charge in [-0.05, 0) is 18.4 Å². The van der Waals surface area contributed by atoms with E-state index in [0.717, 1.165) is 12.0 Å². The summed E-state index contributed by atoms with van der Waals surface area (Å²) in [4.78, 5) is 24.5. The molecule has 2 amide bonds. The van der Waals surface area contributed by atoms with E-state index in [1.165, 1.54) is 4.90 Å². The fourth-order valence-corrected chi connectivity index (χ4v) is 1.94. The Labute approximate surface area is 95.1 Å². The SMILES string of the molecule is O=C1CCCN1C(=O)CCc1ccccc1. The molecule has 1 aliphatic heterocycles. The van der Waals surface area contributed by atoms with Crippen LogP contribution in [0.5, 0.6) is 0 Å². The molecule has 1 heterocycles. The summed E-state index contributed by atoms with van der Waals surface area (Å²) >= 11 is 0. The summed E-state index contributed by atoms with van der Waals surface area (Å²) in [5.41, 5.74) is 1.14. The Kier molecular flexibility index (Phi) is 3.34. The molecule has 2 rings (SSSR count). The standard InChI is InChI=1S/C13H15NO2/c15-12-7-4-10-14(12)13(16)9-8-11-5-2-1-3-6-11/h1-3,5-6H,4,7-10H2. The van der Waals surface area contributed by atoms with E-state index < -0.39 is 0 Å². The van der Waals surface area contributed by atoms with E-state index in [9.17, 15) is 9.59 Å². The number of carbonyl (C=O) groups excluding carboxylic acids is 2. The second-order valence-electron chi connectivity index (χ2n) is 4.03. The van der Waals surface area contributed by atoms with Crippen molar-refractivity contribution in [2.24, 2.45) is 0 Å². The summed E-state index contributed by atoms with van der Waals surface area (Å²) in [6.45, 7) is 0.604. The van der Waals surface area contributed by atoms with Crippen molar-refractivity contribution in [2.45, 2.75) is 25.7 Å². The highest BCUT2D eigenvalue weighted by atomic mass is 16.2. The van der Waals surface area contributed by atoms with Gasteiger partial charge < -0.3 is 0 Å². The zero-order valence-corrected chi connectivity index (χ0v) is 9.19. The van der Waals surface area contributed by atoms with E-state index in [1.807, 2.05) is 30.3 Å². The lowest BCUT2D eigenvalue weighted by molar-refractivity contribution is -0.141. The third-order valence-corrected chi connectivity index (χ3v) is 2.84. The minimum Gasteiger partial charge on any atom is -0.283 e. The van der Waals surface area contributed by atoms with Crippen LogP contribution >= 0.6 is 0 Å². The van der Waals surface area contributed by atoms with E-state index in [0.29, 0.717) is 25.8 Å². The van der Waals surface area contributed by atoms with Gasteiger partial charge in [0.1, 0.15) is 0 Å². The van der Waals surface area contributed by atoms with Gasteiger partial charge in [0.2, 0.25) is 11.8 Å². The molecular formula is C13H15NO2. The van der Waals surface area contributed by atoms with Gasteiger partial charge in [-0.3, -0.25) is 14.5 Å². The molecule has 0 saturated carbocycles. The predicted octanol–water partition coefficient (Wildman–Crippen LogP) is 1.77. The van der Waals surface area contributed by atoms with Gasteiger partial charge in [0.05, 0.1) is 0 Å². The number of hydrogen-bond donors (Lipinski definition) is 0. The highest BCUT2D eigenvalue weighted by Crippen LogP contribution is 2.12. The van der Waals surface area contributed by atoms with Crippen LogP contribution in [0.25, 0.3) is 0 Å². The van der Waals surface area contributed by atoms with Gasteiger partial charge in [-0.1, -0.05) is 30.3 Å². The summed E-state index contributed by atoms with van der Waals surface area (Å²) in [7, 11) is 0. The maximum Gasteiger partial charge on any atom is 0.229 e. The number of likely N-dealkylation sites (tertiary alicyclic amines) is 1. The number of nitrogens with zero attached hydrogens (tertiary/aromatic N) is 1. The smallest absolute Gasteiger partial charge is 0.229 e. The summed E-state index contributed by atoms with van der Waals surface area (Å²) < 4.78 is 0. The van der Waals surface area contributed by atoms with Crippen LogP contribution in [0.1, 0.15) is 24.8 Å². The average molecular weight is 217 g/mol. The van der Waals surface area contributed by atoms with Gasteiger partial charge in [0.25, 0.3) is 0 Å². The Morgan fingerprint density at radius 3 is 2.62 bits per heavy atom. The van der Waals surface area contributed by atoms with E-state index in [4.69, 9.17) is 0 Å². The summed E-state index contributed by atoms with van der Waals surface area (Å²) in [6.07, 6.45) is 2.48. The molecule has 0 aliphatic carbocycles. The number of benzene rings is 1. The zero-order valence-electron chi connectivity index (χ0n) is 9.19. The lowest BCUT2D eigenvalue weighted by Gasteiger charge is -2.12. The molecule has 1 aromatic rings. The number of imide groups is 1. The molecule has 1 aromatic carbocycles. The molecular weight excluding hydrogens is 202 g/mol. The number of carbonyl (C=O) groups is 2. The quantitative estimate of drug-likeness (QED) is 0.773. The molecule has 1 saturated heterocycles. The van der Waals surface area contributed by atoms with Crippen molar-refractivity contribution in [2.75, 3.05) is 6.54 Å². The Bertz CT molecular complexity index is 386. The van der Waals surface area contributed by atoms with E-state index >= 15 is 0 Å². The maximum atomic E-state index is 11.7. The lowest BCUT2D eigenvalue weighted by atomic mass is 10.1. The minimum atomic E-state index is -0.0358. The predicted molar refractivity (Wildman–Crippen MR) is 60.7 cm³/mol. The second-order valence-corrected chi connectivity index (χ2v) is 4.03. The number of amides is 2. The third-order valence-electron chi connectivity index (χ3n) is 2.84. The first kappa shape index (κ1) is 10.9. The minimum absolute atomic E-state index is 0.0157. The molecule has 0 aromatic heterocycles. The number of rotatable bonds is 3. The van der Waals surface area contributed by atoms with Crippen LogP contribution in [0.15, 0.2) is 30.3 Å². The number of aryl methyl sites for hydroxylation is 1. The molecule has 16 heavy (non-hydrogen) atoms. The highest BCUT2D eigenvalue weighted by Gasteiger charge is 2.25. The molecule has 1 aliphatic rings. The average Bonchev–Trinajstić information content (AvgIpc) is 2.74. The van der Waals surface area contributed by atoms with Gasteiger partial charge in [0, 0.05) is 19.4 Å². The normalized spacial score (nSPS) is 15.5.